The molecule has 0 aliphatic carbocycles. The van der Waals surface area contributed by atoms with Crippen LogP contribution in [0.3, 0.4) is 0 Å². The summed E-state index contributed by atoms with van der Waals surface area (Å²) in [5.41, 5.74) is 6.17. The van der Waals surface area contributed by atoms with Crippen molar-refractivity contribution in [2.45, 2.75) is 38.6 Å². The predicted octanol–water partition coefficient (Wildman–Crippen LogP) is 3.77. The van der Waals surface area contributed by atoms with Crippen molar-refractivity contribution < 1.29 is 9.21 Å². The number of fused-ring (bicyclic) bond motifs is 1. The topological polar surface area (TPSA) is 57.8 Å². The fraction of sp³-hybridized carbons (Fsp3) is 0.368. The number of anilines is 1. The van der Waals surface area contributed by atoms with Crippen LogP contribution in [0.15, 0.2) is 46.1 Å². The molecule has 126 valence electrons. The maximum absolute atomic E-state index is 11.8. The molecule has 1 N–H and O–H groups in total. The van der Waals surface area contributed by atoms with Gasteiger partial charge < -0.3 is 9.32 Å². The molecule has 3 rings (SSSR count). The molecule has 1 aliphatic rings. The highest BCUT2D eigenvalue weighted by molar-refractivity contribution is 5.92. The largest absolute Gasteiger partial charge is 0.459 e. The molecule has 5 nitrogen and oxygen atoms in total. The molecule has 1 aromatic carbocycles. The zero-order valence-corrected chi connectivity index (χ0v) is 14.5. The molecule has 0 fully saturated rings. The molecular formula is C19H23N3O2. The van der Waals surface area contributed by atoms with Crippen LogP contribution in [0.4, 0.5) is 5.69 Å². The van der Waals surface area contributed by atoms with Gasteiger partial charge in [0.05, 0.1) is 12.5 Å². The Labute approximate surface area is 142 Å². The van der Waals surface area contributed by atoms with E-state index in [1.165, 1.54) is 17.5 Å². The molecular weight excluding hydrogens is 302 g/mol. The molecule has 1 atom stereocenters. The van der Waals surface area contributed by atoms with Gasteiger partial charge in [-0.25, -0.2) is 5.43 Å². The van der Waals surface area contributed by atoms with E-state index < -0.39 is 0 Å². The highest BCUT2D eigenvalue weighted by atomic mass is 16.3. The number of carbonyl (C=O) groups excluding carboxylic acids is 1. The quantitative estimate of drug-likeness (QED) is 0.690. The summed E-state index contributed by atoms with van der Waals surface area (Å²) in [5, 5.41) is 4.02. The molecule has 1 aromatic heterocycles. The summed E-state index contributed by atoms with van der Waals surface area (Å²) in [5.74, 6) is 0.372. The molecule has 1 aliphatic heterocycles. The van der Waals surface area contributed by atoms with Gasteiger partial charge in [-0.3, -0.25) is 4.79 Å². The predicted molar refractivity (Wildman–Crippen MR) is 95.7 cm³/mol. The highest BCUT2D eigenvalue weighted by Gasteiger charge is 2.33. The van der Waals surface area contributed by atoms with Crippen molar-refractivity contribution in [1.82, 2.24) is 5.43 Å². The number of hydrazone groups is 1. The lowest BCUT2D eigenvalue weighted by Crippen LogP contribution is -2.45. The minimum Gasteiger partial charge on any atom is -0.459 e. The third-order valence-corrected chi connectivity index (χ3v) is 4.78. The van der Waals surface area contributed by atoms with Gasteiger partial charge in [0.25, 0.3) is 0 Å². The van der Waals surface area contributed by atoms with Crippen molar-refractivity contribution in [3.05, 3.63) is 53.5 Å². The molecule has 2 aromatic rings. The number of benzene rings is 1. The third-order valence-electron chi connectivity index (χ3n) is 4.78. The summed E-state index contributed by atoms with van der Waals surface area (Å²) in [6.45, 7) is 6.80. The van der Waals surface area contributed by atoms with Gasteiger partial charge in [-0.2, -0.15) is 5.10 Å². The van der Waals surface area contributed by atoms with Gasteiger partial charge in [-0.1, -0.05) is 13.0 Å². The van der Waals surface area contributed by atoms with Crippen LogP contribution in [0.2, 0.25) is 0 Å². The van der Waals surface area contributed by atoms with Gasteiger partial charge in [-0.05, 0) is 61.6 Å². The maximum Gasteiger partial charge on any atom is 0.307 e. The van der Waals surface area contributed by atoms with E-state index in [-0.39, 0.29) is 17.2 Å². The summed E-state index contributed by atoms with van der Waals surface area (Å²) in [4.78, 5) is 14.1. The lowest BCUT2D eigenvalue weighted by Gasteiger charge is -2.45. The van der Waals surface area contributed by atoms with E-state index in [1.54, 1.807) is 18.3 Å². The number of hydrogen-bond donors (Lipinski definition) is 1. The van der Waals surface area contributed by atoms with Gasteiger partial charge in [0.15, 0.2) is 5.76 Å². The van der Waals surface area contributed by atoms with Crippen LogP contribution in [0.5, 0.6) is 0 Å². The first-order chi connectivity index (χ1) is 11.4. The van der Waals surface area contributed by atoms with Crippen LogP contribution in [0, 0.1) is 0 Å². The molecule has 0 spiro atoms. The Morgan fingerprint density at radius 3 is 2.92 bits per heavy atom. The van der Waals surface area contributed by atoms with Crippen molar-refractivity contribution in [3.8, 4) is 0 Å². The number of amides is 1. The molecule has 5 heteroatoms. The van der Waals surface area contributed by atoms with Crippen molar-refractivity contribution in [3.63, 3.8) is 0 Å². The molecule has 2 heterocycles. The van der Waals surface area contributed by atoms with Crippen molar-refractivity contribution in [2.75, 3.05) is 11.9 Å². The minimum atomic E-state index is -0.357. The van der Waals surface area contributed by atoms with Crippen LogP contribution in [0.1, 0.15) is 54.8 Å². The fourth-order valence-corrected chi connectivity index (χ4v) is 3.30. The van der Waals surface area contributed by atoms with E-state index in [2.05, 4.69) is 55.4 Å². The second-order valence-electron chi connectivity index (χ2n) is 6.97. The van der Waals surface area contributed by atoms with Crippen LogP contribution >= 0.6 is 0 Å². The highest BCUT2D eigenvalue weighted by Crippen LogP contribution is 2.42. The lowest BCUT2D eigenvalue weighted by atomic mass is 9.80. The molecule has 0 saturated heterocycles. The Balaban J connectivity index is 1.76. The molecule has 0 radical (unpaired) electrons. The minimum absolute atomic E-state index is 0.152. The Morgan fingerprint density at radius 2 is 2.21 bits per heavy atom. The third kappa shape index (κ3) is 3.07. The van der Waals surface area contributed by atoms with E-state index in [0.717, 1.165) is 12.0 Å². The average Bonchev–Trinajstić information content (AvgIpc) is 3.07. The molecule has 0 unspecified atom stereocenters. The van der Waals surface area contributed by atoms with Crippen LogP contribution < -0.4 is 10.3 Å². The Hall–Kier alpha value is -2.56. The molecule has 0 saturated carbocycles. The van der Waals surface area contributed by atoms with Crippen molar-refractivity contribution >= 4 is 17.8 Å². The Morgan fingerprint density at radius 1 is 1.42 bits per heavy atom. The number of carbonyl (C=O) groups is 1. The summed E-state index contributed by atoms with van der Waals surface area (Å²) in [6, 6.07) is 9.56. The SMILES string of the molecule is C[C@H]1CC(C)(C)N(C)c2ccc(/C=N/NC(=O)c3ccco3)cc21. The Bertz CT molecular complexity index is 763. The lowest BCUT2D eigenvalue weighted by molar-refractivity contribution is 0.0927. The van der Waals surface area contributed by atoms with Crippen LogP contribution in [0.25, 0.3) is 0 Å². The van der Waals surface area contributed by atoms with Crippen molar-refractivity contribution in [2.24, 2.45) is 5.10 Å². The van der Waals surface area contributed by atoms with Gasteiger partial charge in [0.1, 0.15) is 0 Å². The number of nitrogens with one attached hydrogen (secondary N) is 1. The summed E-state index contributed by atoms with van der Waals surface area (Å²) in [7, 11) is 2.14. The monoisotopic (exact) mass is 325 g/mol. The van der Waals surface area contributed by atoms with Gasteiger partial charge >= 0.3 is 5.91 Å². The number of furan rings is 1. The van der Waals surface area contributed by atoms with E-state index in [9.17, 15) is 4.79 Å². The van der Waals surface area contributed by atoms with Crippen LogP contribution in [-0.4, -0.2) is 24.7 Å². The number of hydrogen-bond acceptors (Lipinski definition) is 4. The summed E-state index contributed by atoms with van der Waals surface area (Å²) in [6.07, 6.45) is 4.22. The zero-order valence-electron chi connectivity index (χ0n) is 14.5. The second-order valence-corrected chi connectivity index (χ2v) is 6.97. The van der Waals surface area contributed by atoms with Crippen molar-refractivity contribution in [1.29, 1.82) is 0 Å². The van der Waals surface area contributed by atoms with E-state index >= 15 is 0 Å². The smallest absolute Gasteiger partial charge is 0.307 e. The molecule has 24 heavy (non-hydrogen) atoms. The summed E-state index contributed by atoms with van der Waals surface area (Å²) < 4.78 is 5.03. The fourth-order valence-electron chi connectivity index (χ4n) is 3.30. The van der Waals surface area contributed by atoms with Gasteiger partial charge in [-0.15, -0.1) is 0 Å². The zero-order chi connectivity index (χ0) is 17.3. The van der Waals surface area contributed by atoms with E-state index in [1.807, 2.05) is 6.07 Å². The first-order valence-corrected chi connectivity index (χ1v) is 8.13. The van der Waals surface area contributed by atoms with E-state index in [0.29, 0.717) is 5.92 Å². The average molecular weight is 325 g/mol. The molecule has 1 amide bonds. The van der Waals surface area contributed by atoms with E-state index in [4.69, 9.17) is 4.42 Å². The summed E-state index contributed by atoms with van der Waals surface area (Å²) >= 11 is 0. The van der Waals surface area contributed by atoms with Gasteiger partial charge in [0, 0.05) is 18.3 Å². The van der Waals surface area contributed by atoms with Gasteiger partial charge in [0.2, 0.25) is 0 Å². The standard InChI is InChI=1S/C19H23N3O2/c1-13-11-19(2,3)22(4)16-8-7-14(10-15(13)16)12-20-21-18(23)17-6-5-9-24-17/h5-10,12-13H,11H2,1-4H3,(H,21,23)/b20-12+/t13-/m0/s1. The first-order valence-electron chi connectivity index (χ1n) is 8.13. The second kappa shape index (κ2) is 6.15. The first kappa shape index (κ1) is 16.3. The van der Waals surface area contributed by atoms with Crippen LogP contribution in [-0.2, 0) is 0 Å². The maximum atomic E-state index is 11.8. The normalized spacial score (nSPS) is 19.3. The molecule has 0 bridgehead atoms. The number of rotatable bonds is 3. The number of nitrogens with zero attached hydrogens (tertiary/aromatic N) is 2. The Kier molecular flexibility index (Phi) is 4.18.